The van der Waals surface area contributed by atoms with Crippen molar-refractivity contribution in [2.75, 3.05) is 12.9 Å². The summed E-state index contributed by atoms with van der Waals surface area (Å²) in [4.78, 5) is 11.3. The third-order valence-corrected chi connectivity index (χ3v) is 3.96. The van der Waals surface area contributed by atoms with Gasteiger partial charge in [0.15, 0.2) is 0 Å². The van der Waals surface area contributed by atoms with Crippen molar-refractivity contribution in [1.29, 1.82) is 0 Å². The van der Waals surface area contributed by atoms with E-state index >= 15 is 0 Å². The molecule has 0 aromatic heterocycles. The van der Waals surface area contributed by atoms with Crippen molar-refractivity contribution >= 4 is 29.3 Å². The average Bonchev–Trinajstić information content (AvgIpc) is 2.78. The van der Waals surface area contributed by atoms with Crippen LogP contribution in [-0.4, -0.2) is 24.9 Å². The van der Waals surface area contributed by atoms with Crippen molar-refractivity contribution in [2.24, 2.45) is 0 Å². The maximum absolute atomic E-state index is 11.3. The van der Waals surface area contributed by atoms with E-state index in [0.717, 1.165) is 16.3 Å². The lowest BCUT2D eigenvalue weighted by atomic mass is 10.2. The molecule has 2 atom stereocenters. The van der Waals surface area contributed by atoms with Crippen LogP contribution in [-0.2, 0) is 9.53 Å². The van der Waals surface area contributed by atoms with Crippen LogP contribution in [0.3, 0.4) is 0 Å². The molecule has 0 aliphatic carbocycles. The molecule has 1 aromatic carbocycles. The second kappa shape index (κ2) is 5.08. The highest BCUT2D eigenvalue weighted by atomic mass is 35.5. The summed E-state index contributed by atoms with van der Waals surface area (Å²) >= 11 is 7.52. The minimum Gasteiger partial charge on any atom is -0.468 e. The number of benzene rings is 1. The molecule has 3 nitrogen and oxygen atoms in total. The monoisotopic (exact) mass is 257 g/mol. The van der Waals surface area contributed by atoms with Gasteiger partial charge in [0.1, 0.15) is 6.04 Å². The molecule has 0 unspecified atom stereocenters. The van der Waals surface area contributed by atoms with Crippen LogP contribution in [0, 0.1) is 0 Å². The molecule has 1 saturated heterocycles. The quantitative estimate of drug-likeness (QED) is 0.825. The topological polar surface area (TPSA) is 38.3 Å². The smallest absolute Gasteiger partial charge is 0.323 e. The van der Waals surface area contributed by atoms with Crippen LogP contribution >= 0.6 is 23.4 Å². The molecule has 0 radical (unpaired) electrons. The Hall–Kier alpha value is -0.710. The molecule has 0 amide bonds. The van der Waals surface area contributed by atoms with Crippen LogP contribution in [0.1, 0.15) is 10.9 Å². The second-order valence-electron chi connectivity index (χ2n) is 3.51. The maximum atomic E-state index is 11.3. The van der Waals surface area contributed by atoms with Gasteiger partial charge in [0.2, 0.25) is 0 Å². The van der Waals surface area contributed by atoms with Gasteiger partial charge in [-0.2, -0.15) is 0 Å². The Bertz CT molecular complexity index is 382. The molecule has 0 saturated carbocycles. The largest absolute Gasteiger partial charge is 0.468 e. The number of rotatable bonds is 2. The number of ether oxygens (including phenoxy) is 1. The number of methoxy groups -OCH3 is 1. The fourth-order valence-electron chi connectivity index (χ4n) is 1.58. The molecule has 0 bridgehead atoms. The minimum absolute atomic E-state index is 0.140. The summed E-state index contributed by atoms with van der Waals surface area (Å²) in [6.07, 6.45) is 0. The van der Waals surface area contributed by atoms with Gasteiger partial charge in [-0.15, -0.1) is 11.8 Å². The van der Waals surface area contributed by atoms with E-state index in [1.165, 1.54) is 7.11 Å². The van der Waals surface area contributed by atoms with E-state index in [1.54, 1.807) is 11.8 Å². The summed E-state index contributed by atoms with van der Waals surface area (Å²) in [5.41, 5.74) is 1.13. The maximum Gasteiger partial charge on any atom is 0.323 e. The van der Waals surface area contributed by atoms with Gasteiger partial charge >= 0.3 is 5.97 Å². The molecular formula is C11H12ClNO2S. The lowest BCUT2D eigenvalue weighted by Gasteiger charge is -2.12. The molecule has 1 N–H and O–H groups in total. The van der Waals surface area contributed by atoms with E-state index in [2.05, 4.69) is 5.32 Å². The van der Waals surface area contributed by atoms with Crippen molar-refractivity contribution in [3.8, 4) is 0 Å². The summed E-state index contributed by atoms with van der Waals surface area (Å²) in [5.74, 6) is 0.531. The molecule has 2 rings (SSSR count). The molecular weight excluding hydrogens is 246 g/mol. The Kier molecular flexibility index (Phi) is 3.74. The van der Waals surface area contributed by atoms with Crippen LogP contribution in [0.2, 0.25) is 5.02 Å². The number of thioether (sulfide) groups is 1. The summed E-state index contributed by atoms with van der Waals surface area (Å²) in [6.45, 7) is 0. The molecule has 86 valence electrons. The lowest BCUT2D eigenvalue weighted by molar-refractivity contribution is -0.142. The first kappa shape index (κ1) is 11.8. The number of nitrogens with one attached hydrogen (secondary N) is 1. The first-order valence-electron chi connectivity index (χ1n) is 4.91. The van der Waals surface area contributed by atoms with Crippen molar-refractivity contribution in [1.82, 2.24) is 5.32 Å². The van der Waals surface area contributed by atoms with Crippen molar-refractivity contribution in [3.63, 3.8) is 0 Å². The van der Waals surface area contributed by atoms with Crippen molar-refractivity contribution < 1.29 is 9.53 Å². The number of carbonyl (C=O) groups excluding carboxylic acids is 1. The fraction of sp³-hybridized carbons (Fsp3) is 0.364. The predicted molar refractivity (Wildman–Crippen MR) is 65.6 cm³/mol. The first-order chi connectivity index (χ1) is 7.70. The zero-order chi connectivity index (χ0) is 11.5. The third-order valence-electron chi connectivity index (χ3n) is 2.44. The average molecular weight is 258 g/mol. The number of hydrogen-bond acceptors (Lipinski definition) is 4. The Labute approximate surface area is 104 Å². The molecule has 16 heavy (non-hydrogen) atoms. The van der Waals surface area contributed by atoms with Crippen LogP contribution in [0.5, 0.6) is 0 Å². The van der Waals surface area contributed by atoms with Gasteiger partial charge in [-0.1, -0.05) is 23.7 Å². The predicted octanol–water partition coefficient (Wildman–Crippen LogP) is 2.22. The Morgan fingerprint density at radius 3 is 2.81 bits per heavy atom. The summed E-state index contributed by atoms with van der Waals surface area (Å²) < 4.78 is 4.70. The number of halogens is 1. The van der Waals surface area contributed by atoms with E-state index in [-0.39, 0.29) is 17.4 Å². The number of carbonyl (C=O) groups is 1. The molecule has 1 aliphatic rings. The van der Waals surface area contributed by atoms with Gasteiger partial charge in [-0.25, -0.2) is 0 Å². The third kappa shape index (κ3) is 2.51. The van der Waals surface area contributed by atoms with Crippen LogP contribution in [0.15, 0.2) is 24.3 Å². The van der Waals surface area contributed by atoms with Crippen molar-refractivity contribution in [3.05, 3.63) is 34.9 Å². The first-order valence-corrected chi connectivity index (χ1v) is 6.34. The standard InChI is InChI=1S/C11H12ClNO2S/c1-15-11(14)9-6-16-10(13-9)7-2-4-8(12)5-3-7/h2-5,9-10,13H,6H2,1H3/t9-,10+/m0/s1. The zero-order valence-corrected chi connectivity index (χ0v) is 10.3. The van der Waals surface area contributed by atoms with E-state index in [1.807, 2.05) is 24.3 Å². The molecule has 1 aromatic rings. The summed E-state index contributed by atoms with van der Waals surface area (Å²) in [7, 11) is 1.41. The highest BCUT2D eigenvalue weighted by Crippen LogP contribution is 2.33. The number of esters is 1. The number of hydrogen-bond donors (Lipinski definition) is 1. The fourth-order valence-corrected chi connectivity index (χ4v) is 2.93. The van der Waals surface area contributed by atoms with Gasteiger partial charge in [-0.05, 0) is 17.7 Å². The summed E-state index contributed by atoms with van der Waals surface area (Å²) in [5, 5.41) is 4.08. The normalized spacial score (nSPS) is 24.4. The van der Waals surface area contributed by atoms with Crippen LogP contribution < -0.4 is 5.32 Å². The highest BCUT2D eigenvalue weighted by Gasteiger charge is 2.30. The van der Waals surface area contributed by atoms with E-state index in [0.29, 0.717) is 0 Å². The van der Waals surface area contributed by atoms with Gasteiger partial charge in [0.05, 0.1) is 12.5 Å². The van der Waals surface area contributed by atoms with Gasteiger partial charge in [-0.3, -0.25) is 10.1 Å². The van der Waals surface area contributed by atoms with Crippen LogP contribution in [0.4, 0.5) is 0 Å². The Balaban J connectivity index is 2.03. The van der Waals surface area contributed by atoms with E-state index in [9.17, 15) is 4.79 Å². The van der Waals surface area contributed by atoms with Gasteiger partial charge in [0, 0.05) is 10.8 Å². The van der Waals surface area contributed by atoms with Crippen LogP contribution in [0.25, 0.3) is 0 Å². The molecule has 1 heterocycles. The lowest BCUT2D eigenvalue weighted by Crippen LogP contribution is -2.34. The zero-order valence-electron chi connectivity index (χ0n) is 8.77. The van der Waals surface area contributed by atoms with Gasteiger partial charge in [0.25, 0.3) is 0 Å². The molecule has 1 fully saturated rings. The van der Waals surface area contributed by atoms with E-state index in [4.69, 9.17) is 16.3 Å². The SMILES string of the molecule is COC(=O)[C@@H]1CS[C@H](c2ccc(Cl)cc2)N1. The van der Waals surface area contributed by atoms with E-state index < -0.39 is 0 Å². The molecule has 5 heteroatoms. The summed E-state index contributed by atoms with van der Waals surface area (Å²) in [6, 6.07) is 7.42. The molecule has 0 spiro atoms. The second-order valence-corrected chi connectivity index (χ2v) is 5.08. The Morgan fingerprint density at radius 2 is 2.19 bits per heavy atom. The highest BCUT2D eigenvalue weighted by molar-refractivity contribution is 7.99. The molecule has 1 aliphatic heterocycles. The van der Waals surface area contributed by atoms with Crippen molar-refractivity contribution in [2.45, 2.75) is 11.4 Å². The van der Waals surface area contributed by atoms with Gasteiger partial charge < -0.3 is 4.74 Å². The Morgan fingerprint density at radius 1 is 1.50 bits per heavy atom. The minimum atomic E-state index is -0.212.